The van der Waals surface area contributed by atoms with Gasteiger partial charge < -0.3 is 11.1 Å². The van der Waals surface area contributed by atoms with Crippen molar-refractivity contribution in [1.82, 2.24) is 0 Å². The molecule has 0 saturated heterocycles. The van der Waals surface area contributed by atoms with Crippen molar-refractivity contribution >= 4 is 38.8 Å². The van der Waals surface area contributed by atoms with Crippen molar-refractivity contribution in [2.75, 3.05) is 11.9 Å². The largest absolute Gasteiger partial charge is 0.389 e. The van der Waals surface area contributed by atoms with Gasteiger partial charge in [0.25, 0.3) is 6.43 Å². The van der Waals surface area contributed by atoms with Crippen LogP contribution in [0, 0.1) is 5.82 Å². The van der Waals surface area contributed by atoms with Crippen molar-refractivity contribution in [2.45, 2.75) is 6.43 Å². The van der Waals surface area contributed by atoms with Crippen molar-refractivity contribution in [3.8, 4) is 0 Å². The lowest BCUT2D eigenvalue weighted by Gasteiger charge is -2.10. The Morgan fingerprint density at radius 3 is 2.62 bits per heavy atom. The van der Waals surface area contributed by atoms with Crippen LogP contribution in [0.3, 0.4) is 0 Å². The lowest BCUT2D eigenvalue weighted by Crippen LogP contribution is -2.14. The third kappa shape index (κ3) is 3.08. The summed E-state index contributed by atoms with van der Waals surface area (Å²) in [4.78, 5) is 0.0335. The fraction of sp³-hybridized carbons (Fsp3) is 0.222. The first-order chi connectivity index (χ1) is 7.43. The van der Waals surface area contributed by atoms with Gasteiger partial charge in [0.15, 0.2) is 5.82 Å². The molecule has 2 nitrogen and oxygen atoms in total. The van der Waals surface area contributed by atoms with E-state index < -0.39 is 18.8 Å². The number of rotatable bonds is 4. The molecule has 88 valence electrons. The lowest BCUT2D eigenvalue weighted by atomic mass is 10.2. The predicted octanol–water partition coefficient (Wildman–Crippen LogP) is 2.90. The number of benzene rings is 1. The molecule has 1 aromatic carbocycles. The third-order valence-corrected chi connectivity index (χ3v) is 2.79. The number of hydrogen-bond donors (Lipinski definition) is 2. The van der Waals surface area contributed by atoms with Gasteiger partial charge in [0.2, 0.25) is 0 Å². The number of thiocarbonyl (C=S) groups is 1. The second-order valence-electron chi connectivity index (χ2n) is 2.92. The van der Waals surface area contributed by atoms with E-state index in [9.17, 15) is 13.2 Å². The standard InChI is InChI=1S/C9H8BrF3N2S/c10-7-4(9(14)16)1-2-5(8(7)13)15-3-6(11)12/h1-2,6,15H,3H2,(H2,14,16). The first-order valence-corrected chi connectivity index (χ1v) is 5.43. The molecule has 0 atom stereocenters. The fourth-order valence-electron chi connectivity index (χ4n) is 1.06. The van der Waals surface area contributed by atoms with Crippen molar-refractivity contribution in [1.29, 1.82) is 0 Å². The summed E-state index contributed by atoms with van der Waals surface area (Å²) in [5.74, 6) is -0.689. The summed E-state index contributed by atoms with van der Waals surface area (Å²) >= 11 is 7.67. The molecule has 0 fully saturated rings. The highest BCUT2D eigenvalue weighted by molar-refractivity contribution is 9.10. The minimum atomic E-state index is -2.55. The molecule has 0 bridgehead atoms. The molecular formula is C9H8BrF3N2S. The van der Waals surface area contributed by atoms with Gasteiger partial charge in [0.1, 0.15) is 4.99 Å². The van der Waals surface area contributed by atoms with Crippen molar-refractivity contribution in [2.24, 2.45) is 5.73 Å². The smallest absolute Gasteiger partial charge is 0.255 e. The zero-order valence-corrected chi connectivity index (χ0v) is 10.3. The molecule has 0 aliphatic carbocycles. The minimum Gasteiger partial charge on any atom is -0.389 e. The number of anilines is 1. The molecule has 0 radical (unpaired) electrons. The van der Waals surface area contributed by atoms with E-state index in [-0.39, 0.29) is 15.1 Å². The molecule has 0 aliphatic heterocycles. The van der Waals surface area contributed by atoms with Crippen LogP contribution in [0.1, 0.15) is 5.56 Å². The molecule has 3 N–H and O–H groups in total. The van der Waals surface area contributed by atoms with Crippen LogP contribution in [0.5, 0.6) is 0 Å². The summed E-state index contributed by atoms with van der Waals surface area (Å²) in [6.45, 7) is -0.615. The van der Waals surface area contributed by atoms with E-state index in [2.05, 4.69) is 21.2 Å². The summed E-state index contributed by atoms with van der Waals surface area (Å²) in [5.41, 5.74) is 5.66. The molecular weight excluding hydrogens is 305 g/mol. The maximum atomic E-state index is 13.6. The molecule has 0 spiro atoms. The maximum absolute atomic E-state index is 13.6. The Morgan fingerprint density at radius 1 is 1.50 bits per heavy atom. The van der Waals surface area contributed by atoms with Crippen LogP contribution >= 0.6 is 28.1 Å². The van der Waals surface area contributed by atoms with E-state index in [1.807, 2.05) is 0 Å². The Kier molecular flexibility index (Phi) is 4.55. The summed E-state index contributed by atoms with van der Waals surface area (Å²) in [7, 11) is 0. The number of nitrogens with one attached hydrogen (secondary N) is 1. The van der Waals surface area contributed by atoms with E-state index in [0.29, 0.717) is 5.56 Å². The molecule has 0 amide bonds. The van der Waals surface area contributed by atoms with Crippen LogP contribution in [0.25, 0.3) is 0 Å². The van der Waals surface area contributed by atoms with Crippen LogP contribution < -0.4 is 11.1 Å². The average Bonchev–Trinajstić information content (AvgIpc) is 2.19. The normalized spacial score (nSPS) is 10.6. The van der Waals surface area contributed by atoms with Gasteiger partial charge in [0, 0.05) is 5.56 Å². The highest BCUT2D eigenvalue weighted by Gasteiger charge is 2.13. The van der Waals surface area contributed by atoms with Crippen LogP contribution in [-0.2, 0) is 0 Å². The van der Waals surface area contributed by atoms with Crippen molar-refractivity contribution < 1.29 is 13.2 Å². The number of alkyl halides is 2. The first kappa shape index (κ1) is 13.2. The Balaban J connectivity index is 2.98. The number of nitrogens with two attached hydrogens (primary N) is 1. The molecule has 7 heteroatoms. The van der Waals surface area contributed by atoms with E-state index >= 15 is 0 Å². The van der Waals surface area contributed by atoms with Gasteiger partial charge in [-0.1, -0.05) is 12.2 Å². The number of hydrogen-bond acceptors (Lipinski definition) is 2. The summed E-state index contributed by atoms with van der Waals surface area (Å²) < 4.78 is 37.5. The molecule has 0 unspecified atom stereocenters. The van der Waals surface area contributed by atoms with Gasteiger partial charge in [-0.05, 0) is 28.1 Å². The third-order valence-electron chi connectivity index (χ3n) is 1.79. The second-order valence-corrected chi connectivity index (χ2v) is 4.16. The summed E-state index contributed by atoms with van der Waals surface area (Å²) in [6.07, 6.45) is -2.55. The quantitative estimate of drug-likeness (QED) is 0.840. The Bertz CT molecular complexity index is 412. The van der Waals surface area contributed by atoms with Crippen LogP contribution in [0.4, 0.5) is 18.9 Å². The van der Waals surface area contributed by atoms with Crippen molar-refractivity contribution in [3.05, 3.63) is 28.0 Å². The van der Waals surface area contributed by atoms with Gasteiger partial charge in [-0.3, -0.25) is 0 Å². The Labute approximate surface area is 104 Å². The SMILES string of the molecule is NC(=S)c1ccc(NCC(F)F)c(F)c1Br. The summed E-state index contributed by atoms with van der Waals surface area (Å²) in [5, 5.41) is 2.28. The average molecular weight is 313 g/mol. The highest BCUT2D eigenvalue weighted by atomic mass is 79.9. The highest BCUT2D eigenvalue weighted by Crippen LogP contribution is 2.27. The fourth-order valence-corrected chi connectivity index (χ4v) is 1.92. The second kappa shape index (κ2) is 5.49. The molecule has 1 aromatic rings. The molecule has 0 saturated carbocycles. The zero-order chi connectivity index (χ0) is 12.3. The van der Waals surface area contributed by atoms with Crippen molar-refractivity contribution in [3.63, 3.8) is 0 Å². The first-order valence-electron chi connectivity index (χ1n) is 4.23. The molecule has 0 aliphatic rings. The van der Waals surface area contributed by atoms with Gasteiger partial charge in [0.05, 0.1) is 16.7 Å². The van der Waals surface area contributed by atoms with Crippen LogP contribution in [0.15, 0.2) is 16.6 Å². The summed E-state index contributed by atoms with van der Waals surface area (Å²) in [6, 6.07) is 2.78. The Morgan fingerprint density at radius 2 is 2.12 bits per heavy atom. The van der Waals surface area contributed by atoms with Gasteiger partial charge in [-0.15, -0.1) is 0 Å². The zero-order valence-electron chi connectivity index (χ0n) is 7.94. The topological polar surface area (TPSA) is 38.0 Å². The predicted molar refractivity (Wildman–Crippen MR) is 64.5 cm³/mol. The van der Waals surface area contributed by atoms with E-state index in [0.717, 1.165) is 0 Å². The molecule has 0 heterocycles. The maximum Gasteiger partial charge on any atom is 0.255 e. The van der Waals surface area contributed by atoms with Crippen LogP contribution in [-0.4, -0.2) is 18.0 Å². The molecule has 16 heavy (non-hydrogen) atoms. The van der Waals surface area contributed by atoms with E-state index in [1.165, 1.54) is 12.1 Å². The van der Waals surface area contributed by atoms with Gasteiger partial charge >= 0.3 is 0 Å². The Hall–Kier alpha value is -0.820. The lowest BCUT2D eigenvalue weighted by molar-refractivity contribution is 0.163. The minimum absolute atomic E-state index is 0.0211. The van der Waals surface area contributed by atoms with E-state index in [4.69, 9.17) is 18.0 Å². The number of halogens is 4. The van der Waals surface area contributed by atoms with Gasteiger partial charge in [-0.25, -0.2) is 13.2 Å². The monoisotopic (exact) mass is 312 g/mol. The molecule has 0 aromatic heterocycles. The van der Waals surface area contributed by atoms with E-state index in [1.54, 1.807) is 0 Å². The van der Waals surface area contributed by atoms with Crippen LogP contribution in [0.2, 0.25) is 0 Å². The van der Waals surface area contributed by atoms with Gasteiger partial charge in [-0.2, -0.15) is 0 Å². The molecule has 1 rings (SSSR count).